The molecule has 2 N–H and O–H groups in total. The number of H-pyrrole nitrogens is 2. The van der Waals surface area contributed by atoms with Gasteiger partial charge in [-0.2, -0.15) is 4.98 Å². The predicted molar refractivity (Wildman–Crippen MR) is 76.4 cm³/mol. The number of hydrogen-bond acceptors (Lipinski definition) is 5. The summed E-state index contributed by atoms with van der Waals surface area (Å²) < 4.78 is 0.475. The first-order valence-corrected chi connectivity index (χ1v) is 7.27. The van der Waals surface area contributed by atoms with E-state index in [4.69, 9.17) is 12.2 Å². The van der Waals surface area contributed by atoms with Crippen LogP contribution in [0.3, 0.4) is 0 Å². The second-order valence-corrected chi connectivity index (χ2v) is 5.41. The van der Waals surface area contributed by atoms with E-state index in [1.165, 1.54) is 0 Å². The van der Waals surface area contributed by atoms with Crippen LogP contribution in [-0.4, -0.2) is 44.7 Å². The van der Waals surface area contributed by atoms with Gasteiger partial charge in [0.1, 0.15) is 0 Å². The highest BCUT2D eigenvalue weighted by Gasteiger charge is 2.08. The van der Waals surface area contributed by atoms with Gasteiger partial charge in [0.2, 0.25) is 4.77 Å². The van der Waals surface area contributed by atoms with E-state index >= 15 is 0 Å². The molecule has 98 valence electrons. The monoisotopic (exact) mass is 283 g/mol. The standard InChI is InChI=1S/C11H17N5S2/c1-3-16(4-2)6-5-9-12-7-8(18-9)10-13-11(17)15-14-10/h7H,3-6H2,1-2H3,(H2,13,14,15,17). The highest BCUT2D eigenvalue weighted by atomic mass is 32.1. The third-order valence-corrected chi connectivity index (χ3v) is 4.08. The molecule has 0 aliphatic carbocycles. The zero-order chi connectivity index (χ0) is 13.0. The Kier molecular flexibility index (Phi) is 4.62. The molecule has 5 nitrogen and oxygen atoms in total. The first-order chi connectivity index (χ1) is 8.72. The molecule has 18 heavy (non-hydrogen) atoms. The Morgan fingerprint density at radius 3 is 2.72 bits per heavy atom. The van der Waals surface area contributed by atoms with Crippen LogP contribution in [0.5, 0.6) is 0 Å². The maximum Gasteiger partial charge on any atom is 0.213 e. The Balaban J connectivity index is 2.00. The molecule has 0 saturated heterocycles. The number of rotatable bonds is 6. The van der Waals surface area contributed by atoms with E-state index in [1.54, 1.807) is 11.3 Å². The van der Waals surface area contributed by atoms with Crippen LogP contribution in [0.2, 0.25) is 0 Å². The van der Waals surface area contributed by atoms with E-state index in [0.717, 1.165) is 41.8 Å². The van der Waals surface area contributed by atoms with Crippen LogP contribution in [0, 0.1) is 4.77 Å². The third-order valence-electron chi connectivity index (χ3n) is 2.82. The number of nitrogens with one attached hydrogen (secondary N) is 2. The molecule has 0 radical (unpaired) electrons. The van der Waals surface area contributed by atoms with Gasteiger partial charge in [0.05, 0.1) is 9.88 Å². The predicted octanol–water partition coefficient (Wildman–Crippen LogP) is 2.48. The van der Waals surface area contributed by atoms with Crippen LogP contribution in [0.1, 0.15) is 18.9 Å². The SMILES string of the molecule is CCN(CC)CCc1ncc(-c2nc(=S)[nH][nH]2)s1. The summed E-state index contributed by atoms with van der Waals surface area (Å²) in [7, 11) is 0. The van der Waals surface area contributed by atoms with Gasteiger partial charge in [-0.05, 0) is 25.3 Å². The average molecular weight is 283 g/mol. The number of likely N-dealkylation sites (N-methyl/N-ethyl adjacent to an activating group) is 1. The van der Waals surface area contributed by atoms with Crippen molar-refractivity contribution in [2.75, 3.05) is 19.6 Å². The highest BCUT2D eigenvalue weighted by Crippen LogP contribution is 2.22. The topological polar surface area (TPSA) is 60.6 Å². The fourth-order valence-corrected chi connectivity index (χ4v) is 2.71. The number of aromatic nitrogens is 4. The first kappa shape index (κ1) is 13.4. The third kappa shape index (κ3) is 3.24. The molecular formula is C11H17N5S2. The van der Waals surface area contributed by atoms with Crippen LogP contribution in [0.25, 0.3) is 10.7 Å². The van der Waals surface area contributed by atoms with E-state index < -0.39 is 0 Å². The molecular weight excluding hydrogens is 266 g/mol. The van der Waals surface area contributed by atoms with Gasteiger partial charge in [-0.25, -0.2) is 4.98 Å². The average Bonchev–Trinajstić information content (AvgIpc) is 2.99. The van der Waals surface area contributed by atoms with Crippen LogP contribution >= 0.6 is 23.6 Å². The Morgan fingerprint density at radius 1 is 1.33 bits per heavy atom. The van der Waals surface area contributed by atoms with Crippen LogP contribution in [0.15, 0.2) is 6.20 Å². The van der Waals surface area contributed by atoms with Gasteiger partial charge in [0, 0.05) is 19.2 Å². The fourth-order valence-electron chi connectivity index (χ4n) is 1.72. The molecule has 0 aliphatic rings. The van der Waals surface area contributed by atoms with Gasteiger partial charge in [0.15, 0.2) is 5.82 Å². The zero-order valence-corrected chi connectivity index (χ0v) is 12.2. The van der Waals surface area contributed by atoms with E-state index in [0.29, 0.717) is 4.77 Å². The van der Waals surface area contributed by atoms with Crippen molar-refractivity contribution in [1.29, 1.82) is 0 Å². The van der Waals surface area contributed by atoms with Crippen molar-refractivity contribution >= 4 is 23.6 Å². The molecule has 0 saturated carbocycles. The Hall–Kier alpha value is -1.05. The lowest BCUT2D eigenvalue weighted by Crippen LogP contribution is -2.25. The van der Waals surface area contributed by atoms with Crippen LogP contribution < -0.4 is 0 Å². The molecule has 0 atom stereocenters. The molecule has 0 unspecified atom stereocenters. The van der Waals surface area contributed by atoms with Gasteiger partial charge < -0.3 is 4.90 Å². The molecule has 0 aliphatic heterocycles. The largest absolute Gasteiger partial charge is 0.303 e. The molecule has 0 amide bonds. The van der Waals surface area contributed by atoms with Gasteiger partial charge >= 0.3 is 0 Å². The molecule has 2 aromatic rings. The molecule has 0 fully saturated rings. The number of hydrogen-bond donors (Lipinski definition) is 2. The second kappa shape index (κ2) is 6.21. The lowest BCUT2D eigenvalue weighted by Gasteiger charge is -2.16. The molecule has 0 spiro atoms. The minimum atomic E-state index is 0.475. The van der Waals surface area contributed by atoms with Crippen LogP contribution in [0.4, 0.5) is 0 Å². The van der Waals surface area contributed by atoms with Crippen molar-refractivity contribution in [1.82, 2.24) is 25.1 Å². The summed E-state index contributed by atoms with van der Waals surface area (Å²) in [5, 5.41) is 6.87. The summed E-state index contributed by atoms with van der Waals surface area (Å²) in [5.74, 6) is 0.770. The highest BCUT2D eigenvalue weighted by molar-refractivity contribution is 7.71. The number of thiazole rings is 1. The molecule has 2 rings (SSSR count). The summed E-state index contributed by atoms with van der Waals surface area (Å²) in [6, 6.07) is 0. The van der Waals surface area contributed by atoms with Crippen molar-refractivity contribution < 1.29 is 0 Å². The van der Waals surface area contributed by atoms with Crippen molar-refractivity contribution in [2.45, 2.75) is 20.3 Å². The minimum Gasteiger partial charge on any atom is -0.303 e. The van der Waals surface area contributed by atoms with E-state index in [2.05, 4.69) is 38.9 Å². The molecule has 2 aromatic heterocycles. The molecule has 2 heterocycles. The van der Waals surface area contributed by atoms with Gasteiger partial charge in [-0.1, -0.05) is 13.8 Å². The zero-order valence-electron chi connectivity index (χ0n) is 10.6. The first-order valence-electron chi connectivity index (χ1n) is 6.05. The second-order valence-electron chi connectivity index (χ2n) is 3.91. The summed E-state index contributed by atoms with van der Waals surface area (Å²) in [6.45, 7) is 7.58. The summed E-state index contributed by atoms with van der Waals surface area (Å²) >= 11 is 6.60. The summed E-state index contributed by atoms with van der Waals surface area (Å²) in [4.78, 5) is 12.0. The maximum atomic E-state index is 4.94. The van der Waals surface area contributed by atoms with Crippen molar-refractivity contribution in [2.24, 2.45) is 0 Å². The van der Waals surface area contributed by atoms with Gasteiger partial charge in [-0.3, -0.25) is 10.2 Å². The fraction of sp³-hybridized carbons (Fsp3) is 0.545. The lowest BCUT2D eigenvalue weighted by atomic mass is 10.4. The van der Waals surface area contributed by atoms with E-state index in [-0.39, 0.29) is 0 Å². The maximum absolute atomic E-state index is 4.94. The molecule has 0 bridgehead atoms. The number of aromatic amines is 2. The molecule has 0 aromatic carbocycles. The normalized spacial score (nSPS) is 11.3. The number of nitrogens with zero attached hydrogens (tertiary/aromatic N) is 3. The van der Waals surface area contributed by atoms with Gasteiger partial charge in [-0.15, -0.1) is 11.3 Å². The van der Waals surface area contributed by atoms with E-state index in [1.807, 2.05) is 6.20 Å². The summed E-state index contributed by atoms with van der Waals surface area (Å²) in [6.07, 6.45) is 2.83. The van der Waals surface area contributed by atoms with Gasteiger partial charge in [0.25, 0.3) is 0 Å². The Bertz CT molecular complexity index is 537. The smallest absolute Gasteiger partial charge is 0.213 e. The van der Waals surface area contributed by atoms with Crippen LogP contribution in [-0.2, 0) is 6.42 Å². The Labute approximate surface area is 115 Å². The minimum absolute atomic E-state index is 0.475. The molecule has 7 heteroatoms. The quantitative estimate of drug-likeness (QED) is 0.800. The summed E-state index contributed by atoms with van der Waals surface area (Å²) in [5.41, 5.74) is 0. The van der Waals surface area contributed by atoms with Crippen molar-refractivity contribution in [3.8, 4) is 10.7 Å². The van der Waals surface area contributed by atoms with Crippen molar-refractivity contribution in [3.63, 3.8) is 0 Å². The van der Waals surface area contributed by atoms with Crippen molar-refractivity contribution in [3.05, 3.63) is 16.0 Å². The van der Waals surface area contributed by atoms with E-state index in [9.17, 15) is 0 Å². The lowest BCUT2D eigenvalue weighted by molar-refractivity contribution is 0.308. The Morgan fingerprint density at radius 2 is 2.11 bits per heavy atom.